The Morgan fingerprint density at radius 3 is 2.76 bits per heavy atom. The van der Waals surface area contributed by atoms with Crippen LogP contribution in [-0.2, 0) is 14.4 Å². The smallest absolute Gasteiger partial charge is 0.313 e. The normalized spacial score (nSPS) is 11.7. The maximum absolute atomic E-state index is 11.8. The molecule has 0 aliphatic heterocycles. The van der Waals surface area contributed by atoms with Crippen LogP contribution in [0.5, 0.6) is 0 Å². The fourth-order valence-electron chi connectivity index (χ4n) is 1.64. The lowest BCUT2D eigenvalue weighted by molar-refractivity contribution is -0.134. The van der Waals surface area contributed by atoms with Gasteiger partial charge in [-0.15, -0.1) is 23.1 Å². The van der Waals surface area contributed by atoms with Gasteiger partial charge in [0.15, 0.2) is 0 Å². The molecule has 1 unspecified atom stereocenters. The molecule has 2 amide bonds. The predicted molar refractivity (Wildman–Crippen MR) is 83.5 cm³/mol. The number of amides is 2. The van der Waals surface area contributed by atoms with E-state index in [-0.39, 0.29) is 30.0 Å². The molecule has 0 fully saturated rings. The average Bonchev–Trinajstić information content (AvgIpc) is 2.90. The zero-order chi connectivity index (χ0) is 15.7. The van der Waals surface area contributed by atoms with Gasteiger partial charge >= 0.3 is 5.97 Å². The molecule has 0 aliphatic carbocycles. The summed E-state index contributed by atoms with van der Waals surface area (Å²) in [5.74, 6) is -0.646. The van der Waals surface area contributed by atoms with Gasteiger partial charge in [0.05, 0.1) is 18.2 Å². The quantitative estimate of drug-likeness (QED) is 0.592. The summed E-state index contributed by atoms with van der Waals surface area (Å²) < 4.78 is 0. The maximum Gasteiger partial charge on any atom is 0.313 e. The molecule has 6 nitrogen and oxygen atoms in total. The van der Waals surface area contributed by atoms with E-state index in [1.54, 1.807) is 0 Å². The molecular weight excluding hydrogens is 312 g/mol. The first-order chi connectivity index (χ1) is 9.99. The van der Waals surface area contributed by atoms with E-state index in [0.29, 0.717) is 12.3 Å². The minimum absolute atomic E-state index is 0.0274. The zero-order valence-corrected chi connectivity index (χ0v) is 13.3. The van der Waals surface area contributed by atoms with Crippen LogP contribution in [0, 0.1) is 0 Å². The summed E-state index contributed by atoms with van der Waals surface area (Å²) in [4.78, 5) is 34.3. The summed E-state index contributed by atoms with van der Waals surface area (Å²) >= 11 is 2.73. The molecule has 1 aromatic heterocycles. The summed E-state index contributed by atoms with van der Waals surface area (Å²) in [5.41, 5.74) is 0. The number of nitrogens with one attached hydrogen (secondary N) is 2. The van der Waals surface area contributed by atoms with E-state index in [2.05, 4.69) is 10.6 Å². The summed E-state index contributed by atoms with van der Waals surface area (Å²) in [5, 5.41) is 15.9. The topological polar surface area (TPSA) is 95.5 Å². The molecule has 0 aromatic carbocycles. The molecule has 0 radical (unpaired) electrons. The molecule has 1 atom stereocenters. The van der Waals surface area contributed by atoms with Crippen molar-refractivity contribution < 1.29 is 19.5 Å². The molecule has 0 saturated carbocycles. The number of carboxylic acid groups (broad SMARTS) is 1. The molecule has 0 spiro atoms. The first-order valence-corrected chi connectivity index (χ1v) is 8.39. The molecular formula is C13H18N2O4S2. The maximum atomic E-state index is 11.8. The molecule has 1 rings (SSSR count). The van der Waals surface area contributed by atoms with Crippen molar-refractivity contribution in [3.05, 3.63) is 22.4 Å². The molecule has 0 aliphatic rings. The molecule has 0 saturated heterocycles. The predicted octanol–water partition coefficient (Wildman–Crippen LogP) is 1.25. The van der Waals surface area contributed by atoms with E-state index < -0.39 is 5.97 Å². The number of hydrogen-bond donors (Lipinski definition) is 3. The van der Waals surface area contributed by atoms with Crippen molar-refractivity contribution in [2.75, 3.05) is 18.1 Å². The van der Waals surface area contributed by atoms with E-state index in [1.165, 1.54) is 30.0 Å². The van der Waals surface area contributed by atoms with Crippen LogP contribution in [0.15, 0.2) is 17.5 Å². The summed E-state index contributed by atoms with van der Waals surface area (Å²) in [7, 11) is 0. The second-order valence-corrected chi connectivity index (χ2v) is 6.35. The fraction of sp³-hybridized carbons (Fsp3) is 0.462. The Hall–Kier alpha value is -1.54. The van der Waals surface area contributed by atoms with E-state index >= 15 is 0 Å². The average molecular weight is 330 g/mol. The van der Waals surface area contributed by atoms with Crippen molar-refractivity contribution in [2.45, 2.75) is 19.4 Å². The van der Waals surface area contributed by atoms with E-state index in [1.807, 2.05) is 17.5 Å². The third-order valence-corrected chi connectivity index (χ3v) is 4.38. The summed E-state index contributed by atoms with van der Waals surface area (Å²) in [6, 6.07) is 3.42. The second-order valence-electron chi connectivity index (χ2n) is 4.27. The minimum Gasteiger partial charge on any atom is -0.481 e. The van der Waals surface area contributed by atoms with Crippen molar-refractivity contribution in [3.8, 4) is 0 Å². The monoisotopic (exact) mass is 330 g/mol. The van der Waals surface area contributed by atoms with Crippen LogP contribution in [0.25, 0.3) is 0 Å². The largest absolute Gasteiger partial charge is 0.481 e. The molecule has 1 heterocycles. The highest BCUT2D eigenvalue weighted by atomic mass is 32.2. The lowest BCUT2D eigenvalue weighted by Crippen LogP contribution is -2.33. The van der Waals surface area contributed by atoms with E-state index in [0.717, 1.165) is 4.88 Å². The molecule has 116 valence electrons. The van der Waals surface area contributed by atoms with Crippen LogP contribution in [-0.4, -0.2) is 40.9 Å². The number of rotatable bonds is 9. The molecule has 3 N–H and O–H groups in total. The van der Waals surface area contributed by atoms with Crippen molar-refractivity contribution in [1.29, 1.82) is 0 Å². The van der Waals surface area contributed by atoms with Gasteiger partial charge < -0.3 is 15.7 Å². The third-order valence-electron chi connectivity index (χ3n) is 2.45. The van der Waals surface area contributed by atoms with Gasteiger partial charge in [-0.05, 0) is 11.4 Å². The van der Waals surface area contributed by atoms with Gasteiger partial charge in [0.1, 0.15) is 0 Å². The Balaban J connectivity index is 2.35. The van der Waals surface area contributed by atoms with Crippen LogP contribution in [0.1, 0.15) is 24.3 Å². The van der Waals surface area contributed by atoms with Crippen LogP contribution in [0.4, 0.5) is 0 Å². The lowest BCUT2D eigenvalue weighted by atomic mass is 10.1. The SMILES string of the molecule is CC(=O)NC(CC(=O)NCCSCC(=O)O)c1cccs1. The van der Waals surface area contributed by atoms with Gasteiger partial charge in [-0.2, -0.15) is 0 Å². The number of thiophene rings is 1. The van der Waals surface area contributed by atoms with Gasteiger partial charge in [0.2, 0.25) is 11.8 Å². The Labute approximate surface area is 131 Å². The Morgan fingerprint density at radius 2 is 2.19 bits per heavy atom. The third kappa shape index (κ3) is 7.72. The number of carbonyl (C=O) groups excluding carboxylic acids is 2. The number of carbonyl (C=O) groups is 3. The number of hydrogen-bond acceptors (Lipinski definition) is 5. The number of aliphatic carboxylic acids is 1. The van der Waals surface area contributed by atoms with E-state index in [9.17, 15) is 14.4 Å². The minimum atomic E-state index is -0.866. The standard InChI is InChI=1S/C13H18N2O4S2/c1-9(16)15-10(11-3-2-5-21-11)7-12(17)14-4-6-20-8-13(18)19/h2-3,5,10H,4,6-8H2,1H3,(H,14,17)(H,15,16)(H,18,19). The highest BCUT2D eigenvalue weighted by molar-refractivity contribution is 7.99. The second kappa shape index (κ2) is 9.41. The van der Waals surface area contributed by atoms with Gasteiger partial charge in [-0.25, -0.2) is 0 Å². The van der Waals surface area contributed by atoms with E-state index in [4.69, 9.17) is 5.11 Å². The van der Waals surface area contributed by atoms with Crippen molar-refractivity contribution in [3.63, 3.8) is 0 Å². The molecule has 8 heteroatoms. The molecule has 21 heavy (non-hydrogen) atoms. The first kappa shape index (κ1) is 17.5. The first-order valence-electron chi connectivity index (χ1n) is 6.35. The van der Waals surface area contributed by atoms with Crippen molar-refractivity contribution >= 4 is 40.9 Å². The van der Waals surface area contributed by atoms with Crippen LogP contribution < -0.4 is 10.6 Å². The zero-order valence-electron chi connectivity index (χ0n) is 11.6. The van der Waals surface area contributed by atoms with Crippen LogP contribution >= 0.6 is 23.1 Å². The van der Waals surface area contributed by atoms with Gasteiger partial charge in [-0.1, -0.05) is 6.07 Å². The Bertz CT molecular complexity index is 477. The summed E-state index contributed by atoms with van der Waals surface area (Å²) in [6.07, 6.45) is 0.170. The highest BCUT2D eigenvalue weighted by Gasteiger charge is 2.17. The number of thioether (sulfide) groups is 1. The molecule has 1 aromatic rings. The van der Waals surface area contributed by atoms with Gasteiger partial charge in [0.25, 0.3) is 0 Å². The van der Waals surface area contributed by atoms with Crippen molar-refractivity contribution in [2.24, 2.45) is 0 Å². The Kier molecular flexibility index (Phi) is 7.84. The Morgan fingerprint density at radius 1 is 1.43 bits per heavy atom. The van der Waals surface area contributed by atoms with Gasteiger partial charge in [-0.3, -0.25) is 14.4 Å². The fourth-order valence-corrected chi connectivity index (χ4v) is 2.98. The number of carboxylic acids is 1. The van der Waals surface area contributed by atoms with Crippen molar-refractivity contribution in [1.82, 2.24) is 10.6 Å². The lowest BCUT2D eigenvalue weighted by Gasteiger charge is -2.16. The molecule has 0 bridgehead atoms. The highest BCUT2D eigenvalue weighted by Crippen LogP contribution is 2.21. The van der Waals surface area contributed by atoms with Crippen LogP contribution in [0.3, 0.4) is 0 Å². The summed E-state index contributed by atoms with van der Waals surface area (Å²) in [6.45, 7) is 1.83. The van der Waals surface area contributed by atoms with Crippen LogP contribution in [0.2, 0.25) is 0 Å². The van der Waals surface area contributed by atoms with Gasteiger partial charge in [0, 0.05) is 24.1 Å².